The predicted octanol–water partition coefficient (Wildman–Crippen LogP) is -0.0148. The van der Waals surface area contributed by atoms with Gasteiger partial charge in [0, 0.05) is 5.57 Å². The first kappa shape index (κ1) is 7.94. The van der Waals surface area contributed by atoms with Gasteiger partial charge < -0.3 is 9.84 Å². The molecule has 1 saturated heterocycles. The Hall–Kier alpha value is -1.16. The summed E-state index contributed by atoms with van der Waals surface area (Å²) >= 11 is 0. The number of hydrogen-bond donors (Lipinski definition) is 1. The van der Waals surface area contributed by atoms with Gasteiger partial charge >= 0.3 is 5.97 Å². The van der Waals surface area contributed by atoms with Crippen molar-refractivity contribution >= 4 is 12.3 Å². The van der Waals surface area contributed by atoms with Crippen molar-refractivity contribution in [3.63, 3.8) is 0 Å². The summed E-state index contributed by atoms with van der Waals surface area (Å²) in [4.78, 5) is 20.6. The summed E-state index contributed by atoms with van der Waals surface area (Å²) in [5, 5.41) is 8.43. The molecule has 0 aromatic heterocycles. The number of epoxide rings is 1. The Bertz CT molecular complexity index is 225. The fraction of sp³-hybridized carbons (Fsp3) is 0.429. The smallest absolute Gasteiger partial charge is 0.331 e. The summed E-state index contributed by atoms with van der Waals surface area (Å²) in [7, 11) is 0. The van der Waals surface area contributed by atoms with Crippen molar-refractivity contribution in [2.24, 2.45) is 0 Å². The normalized spacial score (nSPS) is 29.7. The first-order valence-corrected chi connectivity index (χ1v) is 3.13. The second-order valence-corrected chi connectivity index (χ2v) is 2.49. The lowest BCUT2D eigenvalue weighted by Gasteiger charge is -1.95. The summed E-state index contributed by atoms with van der Waals surface area (Å²) in [6.07, 6.45) is 1.93. The number of carbonyl (C=O) groups excluding carboxylic acids is 1. The first-order valence-electron chi connectivity index (χ1n) is 3.13. The average molecular weight is 156 g/mol. The molecule has 1 unspecified atom stereocenters. The zero-order chi connectivity index (χ0) is 8.48. The second kappa shape index (κ2) is 2.47. The van der Waals surface area contributed by atoms with E-state index in [4.69, 9.17) is 9.84 Å². The zero-order valence-corrected chi connectivity index (χ0v) is 6.03. The van der Waals surface area contributed by atoms with E-state index in [9.17, 15) is 9.59 Å². The van der Waals surface area contributed by atoms with Gasteiger partial charge in [-0.3, -0.25) is 4.79 Å². The number of hydrogen-bond acceptors (Lipinski definition) is 3. The van der Waals surface area contributed by atoms with Gasteiger partial charge in [0.15, 0.2) is 11.9 Å². The van der Waals surface area contributed by atoms with E-state index in [-0.39, 0.29) is 5.57 Å². The van der Waals surface area contributed by atoms with Crippen molar-refractivity contribution in [3.8, 4) is 0 Å². The summed E-state index contributed by atoms with van der Waals surface area (Å²) in [6, 6.07) is 0. The molecule has 0 bridgehead atoms. The SMILES string of the molecule is CC(=CC1(C=O)CO1)C(=O)O. The largest absolute Gasteiger partial charge is 0.478 e. The molecule has 0 saturated carbocycles. The van der Waals surface area contributed by atoms with E-state index in [2.05, 4.69) is 0 Å². The van der Waals surface area contributed by atoms with Gasteiger partial charge in [-0.05, 0) is 13.0 Å². The number of carbonyl (C=O) groups is 2. The molecular weight excluding hydrogens is 148 g/mol. The Morgan fingerprint density at radius 2 is 2.27 bits per heavy atom. The number of aldehydes is 1. The summed E-state index contributed by atoms with van der Waals surface area (Å²) in [5.41, 5.74) is -0.794. The highest BCUT2D eigenvalue weighted by atomic mass is 16.6. The lowest BCUT2D eigenvalue weighted by molar-refractivity contribution is -0.132. The van der Waals surface area contributed by atoms with Gasteiger partial charge in [-0.15, -0.1) is 0 Å². The van der Waals surface area contributed by atoms with Gasteiger partial charge in [0.1, 0.15) is 0 Å². The van der Waals surface area contributed by atoms with Gasteiger partial charge in [-0.1, -0.05) is 0 Å². The molecule has 0 amide bonds. The third kappa shape index (κ3) is 1.65. The molecule has 0 radical (unpaired) electrons. The molecule has 1 N–H and O–H groups in total. The van der Waals surface area contributed by atoms with Crippen molar-refractivity contribution in [2.75, 3.05) is 6.61 Å². The van der Waals surface area contributed by atoms with Crippen LogP contribution in [0.4, 0.5) is 0 Å². The molecule has 0 spiro atoms. The van der Waals surface area contributed by atoms with Crippen LogP contribution in [0.5, 0.6) is 0 Å². The standard InChI is InChI=1S/C7H8O4/c1-5(6(9)10)2-7(3-8)4-11-7/h2-3H,4H2,1H3,(H,9,10). The molecule has 60 valence electrons. The Labute approximate surface area is 63.5 Å². The van der Waals surface area contributed by atoms with E-state index in [1.165, 1.54) is 13.0 Å². The fourth-order valence-corrected chi connectivity index (χ4v) is 0.697. The van der Waals surface area contributed by atoms with E-state index in [1.54, 1.807) is 0 Å². The van der Waals surface area contributed by atoms with Crippen molar-refractivity contribution in [3.05, 3.63) is 11.6 Å². The third-order valence-corrected chi connectivity index (χ3v) is 1.48. The van der Waals surface area contributed by atoms with Crippen LogP contribution in [-0.4, -0.2) is 29.6 Å². The van der Waals surface area contributed by atoms with Crippen LogP contribution in [0.15, 0.2) is 11.6 Å². The highest BCUT2D eigenvalue weighted by Gasteiger charge is 2.43. The highest BCUT2D eigenvalue weighted by molar-refractivity contribution is 5.87. The van der Waals surface area contributed by atoms with Crippen LogP contribution in [0.1, 0.15) is 6.92 Å². The predicted molar refractivity (Wildman–Crippen MR) is 36.1 cm³/mol. The molecule has 11 heavy (non-hydrogen) atoms. The second-order valence-electron chi connectivity index (χ2n) is 2.49. The summed E-state index contributed by atoms with van der Waals surface area (Å²) in [5.74, 6) is -1.03. The van der Waals surface area contributed by atoms with Gasteiger partial charge in [-0.25, -0.2) is 4.79 Å². The molecule has 4 heteroatoms. The van der Waals surface area contributed by atoms with E-state index in [0.717, 1.165) is 0 Å². The van der Waals surface area contributed by atoms with Crippen LogP contribution < -0.4 is 0 Å². The quantitative estimate of drug-likeness (QED) is 0.354. The molecule has 1 aliphatic heterocycles. The van der Waals surface area contributed by atoms with E-state index in [0.29, 0.717) is 12.9 Å². The first-order chi connectivity index (χ1) is 5.09. The van der Waals surface area contributed by atoms with Crippen LogP contribution in [0.3, 0.4) is 0 Å². The number of aliphatic carboxylic acids is 1. The van der Waals surface area contributed by atoms with Crippen LogP contribution in [0.25, 0.3) is 0 Å². The number of carboxylic acid groups (broad SMARTS) is 1. The zero-order valence-electron chi connectivity index (χ0n) is 6.03. The molecular formula is C7H8O4. The summed E-state index contributed by atoms with van der Waals surface area (Å²) in [6.45, 7) is 1.72. The van der Waals surface area contributed by atoms with Crippen LogP contribution in [-0.2, 0) is 14.3 Å². The van der Waals surface area contributed by atoms with Crippen molar-refractivity contribution in [2.45, 2.75) is 12.5 Å². The fourth-order valence-electron chi connectivity index (χ4n) is 0.697. The number of rotatable bonds is 3. The van der Waals surface area contributed by atoms with Crippen molar-refractivity contribution in [1.82, 2.24) is 0 Å². The average Bonchev–Trinajstić information content (AvgIpc) is 2.69. The monoisotopic (exact) mass is 156 g/mol. The van der Waals surface area contributed by atoms with Crippen molar-refractivity contribution in [1.29, 1.82) is 0 Å². The van der Waals surface area contributed by atoms with Crippen molar-refractivity contribution < 1.29 is 19.4 Å². The molecule has 0 aliphatic carbocycles. The molecule has 0 aromatic rings. The third-order valence-electron chi connectivity index (χ3n) is 1.48. The Morgan fingerprint density at radius 1 is 1.73 bits per heavy atom. The van der Waals surface area contributed by atoms with Crippen LogP contribution in [0.2, 0.25) is 0 Å². The van der Waals surface area contributed by atoms with Gasteiger partial charge in [0.05, 0.1) is 6.61 Å². The molecule has 1 fully saturated rings. The maximum absolute atomic E-state index is 10.3. The van der Waals surface area contributed by atoms with Gasteiger partial charge in [-0.2, -0.15) is 0 Å². The number of ether oxygens (including phenoxy) is 1. The lowest BCUT2D eigenvalue weighted by Crippen LogP contribution is -2.11. The van der Waals surface area contributed by atoms with Crippen LogP contribution in [0, 0.1) is 0 Å². The Kier molecular flexibility index (Phi) is 1.78. The minimum absolute atomic E-state index is 0.134. The topological polar surface area (TPSA) is 66.9 Å². The molecule has 1 heterocycles. The summed E-state index contributed by atoms with van der Waals surface area (Å²) < 4.78 is 4.76. The maximum Gasteiger partial charge on any atom is 0.331 e. The van der Waals surface area contributed by atoms with E-state index >= 15 is 0 Å². The van der Waals surface area contributed by atoms with Crippen LogP contribution >= 0.6 is 0 Å². The lowest BCUT2D eigenvalue weighted by atomic mass is 10.1. The Morgan fingerprint density at radius 3 is 2.55 bits per heavy atom. The molecule has 4 nitrogen and oxygen atoms in total. The minimum Gasteiger partial charge on any atom is -0.478 e. The van der Waals surface area contributed by atoms with E-state index < -0.39 is 11.6 Å². The minimum atomic E-state index is -1.03. The molecule has 0 aromatic carbocycles. The highest BCUT2D eigenvalue weighted by Crippen LogP contribution is 2.26. The van der Waals surface area contributed by atoms with E-state index in [1.807, 2.05) is 0 Å². The molecule has 1 atom stereocenters. The molecule has 1 aliphatic rings. The Balaban J connectivity index is 2.71. The maximum atomic E-state index is 10.3. The van der Waals surface area contributed by atoms with Gasteiger partial charge in [0.25, 0.3) is 0 Å². The molecule has 1 rings (SSSR count). The van der Waals surface area contributed by atoms with Gasteiger partial charge in [0.2, 0.25) is 0 Å². The number of carboxylic acids is 1.